The maximum Gasteiger partial charge on any atom is 0.260 e. The lowest BCUT2D eigenvalue weighted by molar-refractivity contribution is 0.232. The molecule has 174 valence electrons. The van der Waals surface area contributed by atoms with E-state index in [1.807, 2.05) is 13.8 Å². The van der Waals surface area contributed by atoms with E-state index in [9.17, 15) is 8.42 Å². The van der Waals surface area contributed by atoms with Crippen LogP contribution < -0.4 is 15.8 Å². The number of nitrogens with zero attached hydrogens (tertiary/aromatic N) is 4. The average molecular weight is 453 g/mol. The van der Waals surface area contributed by atoms with Gasteiger partial charge in [0.15, 0.2) is 15.7 Å². The number of fused-ring (bicyclic) bond motifs is 1. The number of hydrogen-bond donors (Lipinski definition) is 2. The van der Waals surface area contributed by atoms with Gasteiger partial charge in [0.25, 0.3) is 5.88 Å². The van der Waals surface area contributed by atoms with Gasteiger partial charge in [-0.3, -0.25) is 0 Å². The molecule has 0 aromatic carbocycles. The van der Waals surface area contributed by atoms with Crippen LogP contribution in [-0.2, 0) is 22.8 Å². The summed E-state index contributed by atoms with van der Waals surface area (Å²) in [5, 5.41) is 11.6. The van der Waals surface area contributed by atoms with Crippen LogP contribution in [0.4, 0.5) is 5.82 Å². The van der Waals surface area contributed by atoms with E-state index in [0.717, 1.165) is 69.4 Å². The molecule has 0 amide bonds. The monoisotopic (exact) mass is 452 g/mol. The number of unbranched alkanes of at least 4 members (excludes halogenated alkanes) is 4. The maximum absolute atomic E-state index is 11.2. The predicted molar refractivity (Wildman–Crippen MR) is 123 cm³/mol. The van der Waals surface area contributed by atoms with Crippen LogP contribution in [0.25, 0.3) is 11.0 Å². The molecule has 1 aliphatic heterocycles. The molecule has 3 N–H and O–H groups in total. The van der Waals surface area contributed by atoms with Crippen LogP contribution in [0.2, 0.25) is 0 Å². The SMILES string of the molecule is CCCCc1nc2c(N)nnc(OC(C)C)c2n1CCCCCCNC1CS(=O)(=O)C1. The highest BCUT2D eigenvalue weighted by atomic mass is 32.2. The number of rotatable bonds is 13. The Bertz CT molecular complexity index is 961. The third kappa shape index (κ3) is 6.29. The Morgan fingerprint density at radius 1 is 1.16 bits per heavy atom. The van der Waals surface area contributed by atoms with E-state index in [-0.39, 0.29) is 23.7 Å². The average Bonchev–Trinajstić information content (AvgIpc) is 3.05. The summed E-state index contributed by atoms with van der Waals surface area (Å²) in [6.07, 6.45) is 7.29. The van der Waals surface area contributed by atoms with Crippen LogP contribution in [0.1, 0.15) is 65.1 Å². The summed E-state index contributed by atoms with van der Waals surface area (Å²) in [6.45, 7) is 7.81. The minimum absolute atomic E-state index is 0.0123. The van der Waals surface area contributed by atoms with Crippen LogP contribution in [-0.4, -0.2) is 58.4 Å². The Kier molecular flexibility index (Phi) is 8.10. The quantitative estimate of drug-likeness (QED) is 0.444. The first-order valence-corrected chi connectivity index (χ1v) is 13.2. The van der Waals surface area contributed by atoms with E-state index in [2.05, 4.69) is 27.0 Å². The van der Waals surface area contributed by atoms with Gasteiger partial charge in [0.2, 0.25) is 0 Å². The van der Waals surface area contributed by atoms with Crippen molar-refractivity contribution in [1.82, 2.24) is 25.1 Å². The van der Waals surface area contributed by atoms with Gasteiger partial charge in [-0.25, -0.2) is 13.4 Å². The molecular formula is C21H36N6O3S. The van der Waals surface area contributed by atoms with Crippen LogP contribution >= 0.6 is 0 Å². The number of nitrogens with one attached hydrogen (secondary N) is 1. The first-order valence-electron chi connectivity index (χ1n) is 11.4. The number of nitrogen functional groups attached to an aromatic ring is 1. The summed E-state index contributed by atoms with van der Waals surface area (Å²) < 4.78 is 30.5. The second-order valence-electron chi connectivity index (χ2n) is 8.68. The van der Waals surface area contributed by atoms with Gasteiger partial charge in [0, 0.05) is 19.0 Å². The molecule has 9 nitrogen and oxygen atoms in total. The van der Waals surface area contributed by atoms with Crippen LogP contribution in [0.3, 0.4) is 0 Å². The Balaban J connectivity index is 1.59. The minimum Gasteiger partial charge on any atom is -0.472 e. The highest BCUT2D eigenvalue weighted by Crippen LogP contribution is 2.29. The lowest BCUT2D eigenvalue weighted by atomic mass is 10.2. The topological polar surface area (TPSA) is 125 Å². The molecule has 3 heterocycles. The summed E-state index contributed by atoms with van der Waals surface area (Å²) in [4.78, 5) is 4.79. The number of aryl methyl sites for hydroxylation is 2. The fraction of sp³-hybridized carbons (Fsp3) is 0.762. The first-order chi connectivity index (χ1) is 14.8. The summed E-state index contributed by atoms with van der Waals surface area (Å²) in [5.41, 5.74) is 7.61. The largest absolute Gasteiger partial charge is 0.472 e. The Labute approximate surface area is 185 Å². The molecule has 31 heavy (non-hydrogen) atoms. The molecule has 0 aliphatic carbocycles. The van der Waals surface area contributed by atoms with Crippen molar-refractivity contribution in [2.75, 3.05) is 23.8 Å². The van der Waals surface area contributed by atoms with Crippen LogP contribution in [0, 0.1) is 0 Å². The first kappa shape index (κ1) is 23.7. The van der Waals surface area contributed by atoms with Gasteiger partial charge in [0.1, 0.15) is 16.9 Å². The van der Waals surface area contributed by atoms with E-state index >= 15 is 0 Å². The van der Waals surface area contributed by atoms with Gasteiger partial charge in [-0.2, -0.15) is 0 Å². The zero-order chi connectivity index (χ0) is 22.4. The van der Waals surface area contributed by atoms with Gasteiger partial charge in [-0.05, 0) is 39.7 Å². The van der Waals surface area contributed by atoms with Crippen molar-refractivity contribution >= 4 is 26.7 Å². The maximum atomic E-state index is 11.2. The summed E-state index contributed by atoms with van der Waals surface area (Å²) >= 11 is 0. The van der Waals surface area contributed by atoms with Crippen molar-refractivity contribution < 1.29 is 13.2 Å². The van der Waals surface area contributed by atoms with Gasteiger partial charge in [0.05, 0.1) is 17.6 Å². The molecule has 0 saturated carbocycles. The molecule has 0 bridgehead atoms. The number of aromatic nitrogens is 4. The second-order valence-corrected chi connectivity index (χ2v) is 10.8. The Hall–Kier alpha value is -1.94. The van der Waals surface area contributed by atoms with Crippen molar-refractivity contribution in [2.24, 2.45) is 0 Å². The van der Waals surface area contributed by atoms with Crippen molar-refractivity contribution in [1.29, 1.82) is 0 Å². The summed E-state index contributed by atoms with van der Waals surface area (Å²) in [5.74, 6) is 2.42. The third-order valence-electron chi connectivity index (χ3n) is 5.49. The molecule has 1 saturated heterocycles. The van der Waals surface area contributed by atoms with E-state index in [1.165, 1.54) is 0 Å². The standard InChI is InChI=1S/C21H36N6O3S/c1-4-5-10-17-24-18-19(21(30-15(2)3)26-25-20(18)22)27(17)12-9-7-6-8-11-23-16-13-31(28,29)14-16/h15-16,23H,4-14H2,1-3H3,(H2,22,25). The number of hydrogen-bond acceptors (Lipinski definition) is 8. The summed E-state index contributed by atoms with van der Waals surface area (Å²) in [7, 11) is -2.75. The number of sulfone groups is 1. The van der Waals surface area contributed by atoms with Crippen molar-refractivity contribution in [2.45, 2.75) is 84.4 Å². The minimum atomic E-state index is -2.75. The highest BCUT2D eigenvalue weighted by Gasteiger charge is 2.32. The zero-order valence-corrected chi connectivity index (χ0v) is 19.7. The van der Waals surface area contributed by atoms with E-state index < -0.39 is 9.84 Å². The number of anilines is 1. The highest BCUT2D eigenvalue weighted by molar-refractivity contribution is 7.92. The Morgan fingerprint density at radius 3 is 2.58 bits per heavy atom. The molecule has 2 aromatic rings. The second kappa shape index (κ2) is 10.6. The van der Waals surface area contributed by atoms with Crippen molar-refractivity contribution in [3.63, 3.8) is 0 Å². The molecule has 2 aromatic heterocycles. The fourth-order valence-electron chi connectivity index (χ4n) is 3.89. The smallest absolute Gasteiger partial charge is 0.260 e. The molecule has 0 radical (unpaired) electrons. The lowest BCUT2D eigenvalue weighted by Gasteiger charge is -2.26. The van der Waals surface area contributed by atoms with Crippen LogP contribution in [0.15, 0.2) is 0 Å². The molecule has 0 atom stereocenters. The normalized spacial score (nSPS) is 16.1. The molecule has 1 aliphatic rings. The molecule has 0 spiro atoms. The van der Waals surface area contributed by atoms with Crippen molar-refractivity contribution in [3.8, 4) is 5.88 Å². The molecule has 3 rings (SSSR count). The fourth-order valence-corrected chi connectivity index (χ4v) is 5.26. The molecule has 10 heteroatoms. The van der Waals surface area contributed by atoms with E-state index in [1.54, 1.807) is 0 Å². The summed E-state index contributed by atoms with van der Waals surface area (Å²) in [6, 6.07) is 0.148. The predicted octanol–water partition coefficient (Wildman–Crippen LogP) is 2.49. The number of nitrogens with two attached hydrogens (primary N) is 1. The van der Waals surface area contributed by atoms with E-state index in [0.29, 0.717) is 17.2 Å². The van der Waals surface area contributed by atoms with Gasteiger partial charge in [-0.15, -0.1) is 10.2 Å². The zero-order valence-electron chi connectivity index (χ0n) is 18.9. The molecule has 0 unspecified atom stereocenters. The lowest BCUT2D eigenvalue weighted by Crippen LogP contribution is -2.51. The number of ether oxygens (including phenoxy) is 1. The van der Waals surface area contributed by atoms with Crippen LogP contribution in [0.5, 0.6) is 5.88 Å². The van der Waals surface area contributed by atoms with Gasteiger partial charge in [-0.1, -0.05) is 26.2 Å². The molecular weight excluding hydrogens is 416 g/mol. The van der Waals surface area contributed by atoms with Crippen molar-refractivity contribution in [3.05, 3.63) is 5.82 Å². The van der Waals surface area contributed by atoms with Gasteiger partial charge < -0.3 is 20.4 Å². The van der Waals surface area contributed by atoms with E-state index in [4.69, 9.17) is 15.5 Å². The molecule has 1 fully saturated rings. The Morgan fingerprint density at radius 2 is 1.90 bits per heavy atom. The number of imidazole rings is 1. The third-order valence-corrected chi connectivity index (χ3v) is 7.31. The van der Waals surface area contributed by atoms with Gasteiger partial charge >= 0.3 is 0 Å².